The molecule has 2 radical (unpaired) electrons. The third kappa shape index (κ3) is 4.03. The standard InChI is InChI=1S/C9H8BN/c1-3-5-8(7-11)6-9(10)4-2/h3,5-6H,2H2,1H3/b5-3-,8-6+. The van der Waals surface area contributed by atoms with E-state index in [9.17, 15) is 0 Å². The summed E-state index contributed by atoms with van der Waals surface area (Å²) >= 11 is 0. The highest BCUT2D eigenvalue weighted by Crippen LogP contribution is 1.98. The zero-order valence-corrected chi connectivity index (χ0v) is 6.46. The third-order valence-electron chi connectivity index (χ3n) is 0.990. The van der Waals surface area contributed by atoms with Crippen LogP contribution in [0.25, 0.3) is 0 Å². The fraction of sp³-hybridized carbons (Fsp3) is 0.111. The molecule has 0 aromatic heterocycles. The molecular weight excluding hydrogens is 133 g/mol. The van der Waals surface area contributed by atoms with Gasteiger partial charge in [-0.3, -0.25) is 0 Å². The maximum absolute atomic E-state index is 8.51. The van der Waals surface area contributed by atoms with Gasteiger partial charge in [0.15, 0.2) is 0 Å². The molecule has 0 heterocycles. The van der Waals surface area contributed by atoms with Gasteiger partial charge in [0, 0.05) is 0 Å². The average Bonchev–Trinajstić information content (AvgIpc) is 2.03. The lowest BCUT2D eigenvalue weighted by Gasteiger charge is -1.86. The highest BCUT2D eigenvalue weighted by molar-refractivity contribution is 6.23. The second-order valence-corrected chi connectivity index (χ2v) is 1.84. The Balaban J connectivity index is 4.66. The molecule has 0 aliphatic carbocycles. The van der Waals surface area contributed by atoms with Crippen molar-refractivity contribution in [3.05, 3.63) is 41.6 Å². The highest BCUT2D eigenvalue weighted by atomic mass is 14.2. The summed E-state index contributed by atoms with van der Waals surface area (Å²) in [6.45, 7) is 5.18. The number of allylic oxidation sites excluding steroid dienone is 5. The molecule has 0 saturated heterocycles. The quantitative estimate of drug-likeness (QED) is 0.249. The maximum atomic E-state index is 8.51. The van der Waals surface area contributed by atoms with E-state index in [1.54, 1.807) is 12.2 Å². The van der Waals surface area contributed by atoms with Gasteiger partial charge in [-0.2, -0.15) is 5.26 Å². The summed E-state index contributed by atoms with van der Waals surface area (Å²) in [7, 11) is 5.36. The Bertz CT molecular complexity index is 272. The van der Waals surface area contributed by atoms with Gasteiger partial charge in [0.05, 0.1) is 11.6 Å². The van der Waals surface area contributed by atoms with Crippen molar-refractivity contribution in [2.24, 2.45) is 0 Å². The van der Waals surface area contributed by atoms with Crippen LogP contribution in [0.2, 0.25) is 0 Å². The topological polar surface area (TPSA) is 23.8 Å². The monoisotopic (exact) mass is 141 g/mol. The van der Waals surface area contributed by atoms with Gasteiger partial charge in [0.2, 0.25) is 0 Å². The summed E-state index contributed by atoms with van der Waals surface area (Å²) in [5.74, 6) is 0. The van der Waals surface area contributed by atoms with E-state index in [1.165, 1.54) is 6.08 Å². The van der Waals surface area contributed by atoms with Crippen molar-refractivity contribution in [1.82, 2.24) is 0 Å². The summed E-state index contributed by atoms with van der Waals surface area (Å²) in [5, 5.41) is 8.51. The minimum atomic E-state index is 0.375. The molecule has 0 atom stereocenters. The van der Waals surface area contributed by atoms with Crippen molar-refractivity contribution in [1.29, 1.82) is 5.26 Å². The van der Waals surface area contributed by atoms with Crippen molar-refractivity contribution in [2.45, 2.75) is 6.92 Å². The molecule has 0 spiro atoms. The smallest absolute Gasteiger partial charge is 0.125 e. The van der Waals surface area contributed by atoms with E-state index in [1.807, 2.05) is 13.0 Å². The van der Waals surface area contributed by atoms with E-state index >= 15 is 0 Å². The number of rotatable bonds is 2. The predicted molar refractivity (Wildman–Crippen MR) is 46.9 cm³/mol. The number of nitriles is 1. The maximum Gasteiger partial charge on any atom is 0.125 e. The Morgan fingerprint density at radius 3 is 2.64 bits per heavy atom. The van der Waals surface area contributed by atoms with E-state index < -0.39 is 0 Å². The fourth-order valence-electron chi connectivity index (χ4n) is 0.516. The van der Waals surface area contributed by atoms with Crippen LogP contribution in [0.15, 0.2) is 41.6 Å². The van der Waals surface area contributed by atoms with Crippen LogP contribution in [0.4, 0.5) is 0 Å². The Morgan fingerprint density at radius 2 is 2.27 bits per heavy atom. The van der Waals surface area contributed by atoms with E-state index in [-0.39, 0.29) is 0 Å². The molecule has 0 aromatic rings. The molecule has 0 aliphatic rings. The molecule has 0 rings (SSSR count). The molecule has 0 unspecified atom stereocenters. The zero-order chi connectivity index (χ0) is 8.69. The van der Waals surface area contributed by atoms with Crippen molar-refractivity contribution >= 4 is 7.85 Å². The van der Waals surface area contributed by atoms with Crippen LogP contribution < -0.4 is 0 Å². The van der Waals surface area contributed by atoms with E-state index in [2.05, 4.69) is 12.3 Å². The molecule has 0 aliphatic heterocycles. The van der Waals surface area contributed by atoms with Crippen molar-refractivity contribution in [3.63, 3.8) is 0 Å². The lowest BCUT2D eigenvalue weighted by atomic mass is 9.95. The fourth-order valence-corrected chi connectivity index (χ4v) is 0.516. The van der Waals surface area contributed by atoms with Crippen LogP contribution >= 0.6 is 0 Å². The van der Waals surface area contributed by atoms with Gasteiger partial charge in [-0.1, -0.05) is 18.1 Å². The van der Waals surface area contributed by atoms with Crippen LogP contribution in [0.1, 0.15) is 6.92 Å². The zero-order valence-electron chi connectivity index (χ0n) is 6.46. The molecule has 1 nitrogen and oxygen atoms in total. The third-order valence-corrected chi connectivity index (χ3v) is 0.990. The highest BCUT2D eigenvalue weighted by Gasteiger charge is 1.86. The van der Waals surface area contributed by atoms with Gasteiger partial charge < -0.3 is 0 Å². The average molecular weight is 141 g/mol. The number of hydrogen-bond donors (Lipinski definition) is 0. The summed E-state index contributed by atoms with van der Waals surface area (Å²) in [4.78, 5) is 0. The summed E-state index contributed by atoms with van der Waals surface area (Å²) in [6, 6.07) is 1.97. The van der Waals surface area contributed by atoms with Gasteiger partial charge in [-0.05, 0) is 19.1 Å². The Morgan fingerprint density at radius 1 is 1.64 bits per heavy atom. The van der Waals surface area contributed by atoms with Gasteiger partial charge in [-0.25, -0.2) is 0 Å². The lowest BCUT2D eigenvalue weighted by molar-refractivity contribution is 1.49. The van der Waals surface area contributed by atoms with Crippen molar-refractivity contribution in [3.8, 4) is 6.07 Å². The van der Waals surface area contributed by atoms with E-state index in [0.717, 1.165) is 0 Å². The molecule has 2 heteroatoms. The summed E-state index contributed by atoms with van der Waals surface area (Å²) in [6.07, 6.45) is 4.96. The predicted octanol–water partition coefficient (Wildman–Crippen LogP) is 1.85. The van der Waals surface area contributed by atoms with Gasteiger partial charge in [-0.15, -0.1) is 5.73 Å². The van der Waals surface area contributed by atoms with Gasteiger partial charge in [0.1, 0.15) is 7.85 Å². The first-order valence-corrected chi connectivity index (χ1v) is 3.14. The van der Waals surface area contributed by atoms with Gasteiger partial charge in [0.25, 0.3) is 0 Å². The van der Waals surface area contributed by atoms with Crippen molar-refractivity contribution < 1.29 is 0 Å². The largest absolute Gasteiger partial charge is 0.192 e. The van der Waals surface area contributed by atoms with E-state index in [4.69, 9.17) is 13.1 Å². The Labute approximate surface area is 68.4 Å². The number of nitrogens with zero attached hydrogens (tertiary/aromatic N) is 1. The molecule has 0 aromatic carbocycles. The molecule has 0 N–H and O–H groups in total. The van der Waals surface area contributed by atoms with Crippen LogP contribution in [0.5, 0.6) is 0 Å². The van der Waals surface area contributed by atoms with Crippen LogP contribution in [0, 0.1) is 11.3 Å². The Kier molecular flexibility index (Phi) is 4.65. The molecule has 0 bridgehead atoms. The molecule has 52 valence electrons. The molecule has 0 saturated carbocycles. The minimum Gasteiger partial charge on any atom is -0.192 e. The SMILES string of the molecule is [B]C(=C=C)/C=C(C#N)\C=C/C. The molecule has 0 fully saturated rings. The lowest BCUT2D eigenvalue weighted by Crippen LogP contribution is -1.76. The van der Waals surface area contributed by atoms with Gasteiger partial charge >= 0.3 is 0 Å². The molecule has 11 heavy (non-hydrogen) atoms. The Hall–Kier alpha value is -1.45. The minimum absolute atomic E-state index is 0.375. The second-order valence-electron chi connectivity index (χ2n) is 1.84. The van der Waals surface area contributed by atoms with Crippen molar-refractivity contribution in [2.75, 3.05) is 0 Å². The molecule has 0 amide bonds. The number of hydrogen-bond acceptors (Lipinski definition) is 1. The van der Waals surface area contributed by atoms with Crippen LogP contribution in [-0.4, -0.2) is 7.85 Å². The first-order valence-electron chi connectivity index (χ1n) is 3.14. The first-order chi connectivity index (χ1) is 5.24. The first kappa shape index (κ1) is 9.55. The van der Waals surface area contributed by atoms with Crippen LogP contribution in [-0.2, 0) is 0 Å². The summed E-state index contributed by atoms with van der Waals surface area (Å²) < 4.78 is 0. The molecular formula is C9H8BN. The summed E-state index contributed by atoms with van der Waals surface area (Å²) in [5.41, 5.74) is 3.35. The normalized spacial score (nSPS) is 10.7. The van der Waals surface area contributed by atoms with Crippen LogP contribution in [0.3, 0.4) is 0 Å². The van der Waals surface area contributed by atoms with E-state index in [0.29, 0.717) is 11.0 Å². The second kappa shape index (κ2) is 5.35.